The van der Waals surface area contributed by atoms with Crippen molar-refractivity contribution >= 4 is 17.7 Å². The van der Waals surface area contributed by atoms with Crippen LogP contribution in [0.4, 0.5) is 10.5 Å². The van der Waals surface area contributed by atoms with Gasteiger partial charge >= 0.3 is 12.1 Å². The number of para-hydroxylation sites is 1. The van der Waals surface area contributed by atoms with Crippen LogP contribution < -0.4 is 4.90 Å². The molecule has 0 unspecified atom stereocenters. The van der Waals surface area contributed by atoms with Gasteiger partial charge in [-0.15, -0.1) is 0 Å². The number of amides is 1. The van der Waals surface area contributed by atoms with Crippen LogP contribution in [0.1, 0.15) is 20.8 Å². The van der Waals surface area contributed by atoms with E-state index in [1.807, 2.05) is 0 Å². The molecule has 6 heteroatoms. The van der Waals surface area contributed by atoms with E-state index in [0.717, 1.165) is 4.90 Å². The zero-order valence-electron chi connectivity index (χ0n) is 11.7. The highest BCUT2D eigenvalue weighted by Gasteiger charge is 2.27. The number of carbonyl (C=O) groups excluding carboxylic acids is 1. The number of carboxylic acid groups (broad SMARTS) is 1. The first-order valence-corrected chi connectivity index (χ1v) is 6.17. The average molecular weight is 281 g/mol. The van der Waals surface area contributed by atoms with Crippen molar-refractivity contribution in [1.29, 1.82) is 0 Å². The van der Waals surface area contributed by atoms with Gasteiger partial charge in [-0.2, -0.15) is 0 Å². The van der Waals surface area contributed by atoms with Crippen LogP contribution in [0.25, 0.3) is 0 Å². The molecule has 110 valence electrons. The summed E-state index contributed by atoms with van der Waals surface area (Å²) in [6.07, 6.45) is -2.38. The number of rotatable bonds is 4. The first-order chi connectivity index (χ1) is 9.20. The summed E-state index contributed by atoms with van der Waals surface area (Å²) in [7, 11) is 0. The Bertz CT molecular complexity index is 466. The molecule has 1 aromatic carbocycles. The predicted molar refractivity (Wildman–Crippen MR) is 73.7 cm³/mol. The van der Waals surface area contributed by atoms with Crippen LogP contribution in [0.3, 0.4) is 0 Å². The average Bonchev–Trinajstić information content (AvgIpc) is 2.34. The second-order valence-electron chi connectivity index (χ2n) is 5.28. The lowest BCUT2D eigenvalue weighted by Gasteiger charge is -2.28. The van der Waals surface area contributed by atoms with E-state index in [1.165, 1.54) is 0 Å². The molecule has 1 rings (SSSR count). The van der Waals surface area contributed by atoms with Gasteiger partial charge in [-0.25, -0.2) is 9.59 Å². The number of anilines is 1. The van der Waals surface area contributed by atoms with E-state index in [-0.39, 0.29) is 6.54 Å². The zero-order chi connectivity index (χ0) is 15.3. The molecule has 0 saturated heterocycles. The topological polar surface area (TPSA) is 87.1 Å². The second-order valence-corrected chi connectivity index (χ2v) is 5.28. The van der Waals surface area contributed by atoms with Crippen molar-refractivity contribution in [2.75, 3.05) is 11.4 Å². The number of nitrogens with zero attached hydrogens (tertiary/aromatic N) is 1. The Morgan fingerprint density at radius 1 is 1.25 bits per heavy atom. The maximum atomic E-state index is 12.1. The van der Waals surface area contributed by atoms with Gasteiger partial charge in [0, 0.05) is 5.69 Å². The van der Waals surface area contributed by atoms with Crippen LogP contribution in [-0.4, -0.2) is 40.5 Å². The Balaban J connectivity index is 2.96. The molecule has 0 saturated carbocycles. The molecule has 0 bridgehead atoms. The maximum Gasteiger partial charge on any atom is 0.414 e. The highest BCUT2D eigenvalue weighted by atomic mass is 16.6. The normalized spacial score (nSPS) is 12.6. The van der Waals surface area contributed by atoms with Crippen molar-refractivity contribution in [2.45, 2.75) is 32.5 Å². The SMILES string of the molecule is CC(C)(C)OC(=O)N(C[C@@H](O)C(=O)O)c1ccccc1. The van der Waals surface area contributed by atoms with Gasteiger partial charge in [0.1, 0.15) is 5.60 Å². The van der Waals surface area contributed by atoms with Crippen molar-refractivity contribution < 1.29 is 24.5 Å². The molecule has 0 radical (unpaired) electrons. The molecule has 1 atom stereocenters. The van der Waals surface area contributed by atoms with E-state index >= 15 is 0 Å². The number of carbonyl (C=O) groups is 2. The summed E-state index contributed by atoms with van der Waals surface area (Å²) in [4.78, 5) is 24.0. The minimum absolute atomic E-state index is 0.381. The van der Waals surface area contributed by atoms with Crippen molar-refractivity contribution in [3.63, 3.8) is 0 Å². The zero-order valence-corrected chi connectivity index (χ0v) is 11.7. The summed E-state index contributed by atoms with van der Waals surface area (Å²) >= 11 is 0. The molecule has 1 amide bonds. The number of ether oxygens (including phenoxy) is 1. The molecule has 0 spiro atoms. The van der Waals surface area contributed by atoms with Gasteiger partial charge in [0.15, 0.2) is 6.10 Å². The van der Waals surface area contributed by atoms with E-state index in [9.17, 15) is 14.7 Å². The largest absolute Gasteiger partial charge is 0.479 e. The second kappa shape index (κ2) is 6.38. The van der Waals surface area contributed by atoms with Crippen LogP contribution in [0, 0.1) is 0 Å². The lowest BCUT2D eigenvalue weighted by molar-refractivity contribution is -0.145. The predicted octanol–water partition coefficient (Wildman–Crippen LogP) is 1.87. The highest BCUT2D eigenvalue weighted by Crippen LogP contribution is 2.18. The van der Waals surface area contributed by atoms with Crippen LogP contribution in [0.15, 0.2) is 30.3 Å². The summed E-state index contributed by atoms with van der Waals surface area (Å²) in [6, 6.07) is 8.46. The van der Waals surface area contributed by atoms with E-state index < -0.39 is 23.8 Å². The van der Waals surface area contributed by atoms with Crippen LogP contribution >= 0.6 is 0 Å². The Morgan fingerprint density at radius 3 is 2.25 bits per heavy atom. The summed E-state index contributed by atoms with van der Waals surface area (Å²) in [5.74, 6) is -1.39. The Hall–Kier alpha value is -2.08. The fourth-order valence-electron chi connectivity index (χ4n) is 1.46. The van der Waals surface area contributed by atoms with E-state index in [2.05, 4.69) is 0 Å². The van der Waals surface area contributed by atoms with E-state index in [4.69, 9.17) is 9.84 Å². The maximum absolute atomic E-state index is 12.1. The monoisotopic (exact) mass is 281 g/mol. The highest BCUT2D eigenvalue weighted by molar-refractivity contribution is 5.89. The summed E-state index contributed by atoms with van der Waals surface area (Å²) < 4.78 is 5.22. The van der Waals surface area contributed by atoms with Crippen LogP contribution in [0.5, 0.6) is 0 Å². The fourth-order valence-corrected chi connectivity index (χ4v) is 1.46. The number of aliphatic carboxylic acids is 1. The van der Waals surface area contributed by atoms with Gasteiger partial charge in [0.05, 0.1) is 6.54 Å². The van der Waals surface area contributed by atoms with Crippen molar-refractivity contribution in [3.8, 4) is 0 Å². The lowest BCUT2D eigenvalue weighted by Crippen LogP contribution is -2.43. The van der Waals surface area contributed by atoms with Crippen molar-refractivity contribution in [3.05, 3.63) is 30.3 Å². The van der Waals surface area contributed by atoms with Gasteiger partial charge < -0.3 is 14.9 Å². The van der Waals surface area contributed by atoms with Gasteiger partial charge in [0.25, 0.3) is 0 Å². The summed E-state index contributed by atoms with van der Waals surface area (Å²) in [6.45, 7) is 4.75. The molecular weight excluding hydrogens is 262 g/mol. The molecule has 0 fully saturated rings. The van der Waals surface area contributed by atoms with Crippen molar-refractivity contribution in [1.82, 2.24) is 0 Å². The van der Waals surface area contributed by atoms with Crippen LogP contribution in [0.2, 0.25) is 0 Å². The van der Waals surface area contributed by atoms with E-state index in [0.29, 0.717) is 5.69 Å². The number of benzene rings is 1. The Morgan fingerprint density at radius 2 is 1.80 bits per heavy atom. The third-order valence-corrected chi connectivity index (χ3v) is 2.32. The molecule has 0 heterocycles. The number of aliphatic hydroxyl groups is 1. The number of carboxylic acids is 1. The number of aliphatic hydroxyl groups excluding tert-OH is 1. The van der Waals surface area contributed by atoms with Gasteiger partial charge in [0.2, 0.25) is 0 Å². The standard InChI is InChI=1S/C14H19NO5/c1-14(2,3)20-13(19)15(9-11(16)12(17)18)10-7-5-4-6-8-10/h4-8,11,16H,9H2,1-3H3,(H,17,18)/t11-/m1/s1. The molecule has 6 nitrogen and oxygen atoms in total. The Labute approximate surface area is 117 Å². The van der Waals surface area contributed by atoms with Gasteiger partial charge in [-0.3, -0.25) is 4.90 Å². The molecule has 0 aromatic heterocycles. The number of hydrogen-bond donors (Lipinski definition) is 2. The Kier molecular flexibility index (Phi) is 5.10. The summed E-state index contributed by atoms with van der Waals surface area (Å²) in [5.41, 5.74) is -0.250. The molecule has 0 aliphatic rings. The van der Waals surface area contributed by atoms with Crippen LogP contribution in [-0.2, 0) is 9.53 Å². The first-order valence-electron chi connectivity index (χ1n) is 6.17. The van der Waals surface area contributed by atoms with Gasteiger partial charge in [-0.05, 0) is 32.9 Å². The molecule has 0 aliphatic heterocycles. The number of hydrogen-bond acceptors (Lipinski definition) is 4. The molecule has 2 N–H and O–H groups in total. The molecule has 0 aliphatic carbocycles. The van der Waals surface area contributed by atoms with E-state index in [1.54, 1.807) is 51.1 Å². The molecular formula is C14H19NO5. The van der Waals surface area contributed by atoms with Gasteiger partial charge in [-0.1, -0.05) is 18.2 Å². The lowest BCUT2D eigenvalue weighted by atomic mass is 10.2. The minimum atomic E-state index is -1.68. The third-order valence-electron chi connectivity index (χ3n) is 2.32. The quantitative estimate of drug-likeness (QED) is 0.879. The minimum Gasteiger partial charge on any atom is -0.479 e. The summed E-state index contributed by atoms with van der Waals surface area (Å²) in [5, 5.41) is 18.2. The molecule has 20 heavy (non-hydrogen) atoms. The fraction of sp³-hybridized carbons (Fsp3) is 0.429. The van der Waals surface area contributed by atoms with Crippen molar-refractivity contribution in [2.24, 2.45) is 0 Å². The first kappa shape index (κ1) is 16.0. The third kappa shape index (κ3) is 4.89. The molecule has 1 aromatic rings. The smallest absolute Gasteiger partial charge is 0.414 e.